The topological polar surface area (TPSA) is 56.8 Å². The fraction of sp³-hybridized carbons (Fsp3) is 0.350. The molecular weight excluding hydrogens is 386 g/mol. The van der Waals surface area contributed by atoms with Gasteiger partial charge in [-0.25, -0.2) is 0 Å². The lowest BCUT2D eigenvalue weighted by atomic mass is 10.1. The highest BCUT2D eigenvalue weighted by Gasteiger charge is 2.19. The van der Waals surface area contributed by atoms with E-state index in [2.05, 4.69) is 5.32 Å². The number of hydrogen-bond acceptors (Lipinski definition) is 5. The third-order valence-corrected chi connectivity index (χ3v) is 5.57. The van der Waals surface area contributed by atoms with Crippen LogP contribution in [0.4, 0.5) is 0 Å². The van der Waals surface area contributed by atoms with Crippen molar-refractivity contribution in [1.29, 1.82) is 0 Å². The molecule has 7 heteroatoms. The summed E-state index contributed by atoms with van der Waals surface area (Å²) in [5.74, 6) is 1.62. The number of benzene rings is 2. The number of carbonyl (C=O) groups excluding carboxylic acids is 1. The van der Waals surface area contributed by atoms with Gasteiger partial charge in [0.25, 0.3) is 0 Å². The number of halogens is 1. The second kappa shape index (κ2) is 10.3. The maximum Gasteiger partial charge on any atom is 0.233 e. The maximum absolute atomic E-state index is 12.6. The first kappa shape index (κ1) is 21.3. The van der Waals surface area contributed by atoms with Crippen molar-refractivity contribution in [3.05, 3.63) is 47.0 Å². The average Bonchev–Trinajstić information content (AvgIpc) is 2.70. The molecule has 1 N–H and O–H groups in total. The van der Waals surface area contributed by atoms with E-state index in [0.29, 0.717) is 35.2 Å². The molecular formula is C20H24ClNO4S. The molecule has 0 radical (unpaired) electrons. The summed E-state index contributed by atoms with van der Waals surface area (Å²) in [5.41, 5.74) is 0.865. The molecule has 0 unspecified atom stereocenters. The summed E-state index contributed by atoms with van der Waals surface area (Å²) in [6.07, 6.45) is 0.717. The lowest BCUT2D eigenvalue weighted by Crippen LogP contribution is -2.31. The van der Waals surface area contributed by atoms with Crippen LogP contribution in [0, 0.1) is 0 Å². The highest BCUT2D eigenvalue weighted by atomic mass is 35.5. The molecule has 1 amide bonds. The van der Waals surface area contributed by atoms with Gasteiger partial charge in [0.15, 0.2) is 11.5 Å². The van der Waals surface area contributed by atoms with E-state index in [1.165, 1.54) is 11.8 Å². The quantitative estimate of drug-likeness (QED) is 0.615. The van der Waals surface area contributed by atoms with Gasteiger partial charge in [0, 0.05) is 16.5 Å². The molecule has 2 aromatic rings. The van der Waals surface area contributed by atoms with Crippen molar-refractivity contribution < 1.29 is 19.0 Å². The van der Waals surface area contributed by atoms with Crippen LogP contribution in [-0.4, -0.2) is 32.5 Å². The van der Waals surface area contributed by atoms with Crippen molar-refractivity contribution in [3.8, 4) is 17.2 Å². The van der Waals surface area contributed by atoms with Crippen LogP contribution in [-0.2, 0) is 11.3 Å². The van der Waals surface area contributed by atoms with Gasteiger partial charge in [-0.15, -0.1) is 11.8 Å². The number of rotatable bonds is 9. The van der Waals surface area contributed by atoms with Gasteiger partial charge in [-0.1, -0.05) is 18.5 Å². The fourth-order valence-electron chi connectivity index (χ4n) is 2.54. The third-order valence-electron chi connectivity index (χ3n) is 3.95. The molecule has 5 nitrogen and oxygen atoms in total. The first-order valence-corrected chi connectivity index (χ1v) is 9.76. The van der Waals surface area contributed by atoms with Crippen LogP contribution < -0.4 is 19.5 Å². The van der Waals surface area contributed by atoms with Crippen molar-refractivity contribution in [2.45, 2.75) is 30.0 Å². The van der Waals surface area contributed by atoms with E-state index in [1.54, 1.807) is 21.3 Å². The van der Waals surface area contributed by atoms with Gasteiger partial charge >= 0.3 is 0 Å². The van der Waals surface area contributed by atoms with Crippen LogP contribution >= 0.6 is 23.4 Å². The molecule has 0 fully saturated rings. The maximum atomic E-state index is 12.6. The van der Waals surface area contributed by atoms with Gasteiger partial charge in [-0.05, 0) is 48.4 Å². The third kappa shape index (κ3) is 5.71. The van der Waals surface area contributed by atoms with Crippen LogP contribution in [0.25, 0.3) is 0 Å². The molecule has 0 aliphatic rings. The Hall–Kier alpha value is -2.05. The number of amides is 1. The van der Waals surface area contributed by atoms with Crippen LogP contribution in [0.3, 0.4) is 0 Å². The number of methoxy groups -OCH3 is 3. The molecule has 2 rings (SSSR count). The number of carbonyl (C=O) groups is 1. The highest BCUT2D eigenvalue weighted by Crippen LogP contribution is 2.38. The highest BCUT2D eigenvalue weighted by molar-refractivity contribution is 8.00. The van der Waals surface area contributed by atoms with E-state index < -0.39 is 0 Å². The van der Waals surface area contributed by atoms with E-state index in [1.807, 2.05) is 43.3 Å². The predicted octanol–water partition coefficient (Wildman–Crippen LogP) is 4.55. The van der Waals surface area contributed by atoms with E-state index in [0.717, 1.165) is 10.5 Å². The van der Waals surface area contributed by atoms with E-state index in [9.17, 15) is 4.79 Å². The van der Waals surface area contributed by atoms with Crippen LogP contribution in [0.15, 0.2) is 41.3 Å². The van der Waals surface area contributed by atoms with Gasteiger partial charge in [0.1, 0.15) is 0 Å². The Morgan fingerprint density at radius 2 is 1.67 bits per heavy atom. The van der Waals surface area contributed by atoms with Gasteiger partial charge in [0.05, 0.1) is 26.6 Å². The van der Waals surface area contributed by atoms with Gasteiger partial charge in [0.2, 0.25) is 11.7 Å². The average molecular weight is 410 g/mol. The Kier molecular flexibility index (Phi) is 8.13. The predicted molar refractivity (Wildman–Crippen MR) is 109 cm³/mol. The first-order valence-electron chi connectivity index (χ1n) is 8.51. The lowest BCUT2D eigenvalue weighted by molar-refractivity contribution is -0.120. The summed E-state index contributed by atoms with van der Waals surface area (Å²) >= 11 is 7.44. The second-order valence-electron chi connectivity index (χ2n) is 5.72. The van der Waals surface area contributed by atoms with E-state index >= 15 is 0 Å². The van der Waals surface area contributed by atoms with E-state index in [-0.39, 0.29) is 11.2 Å². The van der Waals surface area contributed by atoms with Crippen molar-refractivity contribution in [1.82, 2.24) is 5.32 Å². The zero-order valence-electron chi connectivity index (χ0n) is 15.9. The molecule has 0 aliphatic heterocycles. The summed E-state index contributed by atoms with van der Waals surface area (Å²) in [4.78, 5) is 13.6. The normalized spacial score (nSPS) is 11.6. The summed E-state index contributed by atoms with van der Waals surface area (Å²) in [7, 11) is 4.69. The number of hydrogen-bond donors (Lipinski definition) is 1. The standard InChI is InChI=1S/C20H24ClNO4S/c1-5-18(27-15-8-6-14(21)7-9-15)20(23)22-12-13-10-16(24-2)19(26-4)17(11-13)25-3/h6-11,18H,5,12H2,1-4H3,(H,22,23)/t18-/m0/s1. The van der Waals surface area contributed by atoms with Crippen LogP contribution in [0.5, 0.6) is 17.2 Å². The largest absolute Gasteiger partial charge is 0.493 e. The molecule has 2 aromatic carbocycles. The zero-order valence-corrected chi connectivity index (χ0v) is 17.4. The smallest absolute Gasteiger partial charge is 0.233 e. The molecule has 1 atom stereocenters. The van der Waals surface area contributed by atoms with Gasteiger partial charge in [-0.2, -0.15) is 0 Å². The summed E-state index contributed by atoms with van der Waals surface area (Å²) in [6.45, 7) is 2.36. The second-order valence-corrected chi connectivity index (χ2v) is 7.43. The van der Waals surface area contributed by atoms with Crippen molar-refractivity contribution in [2.75, 3.05) is 21.3 Å². The molecule has 0 saturated heterocycles. The lowest BCUT2D eigenvalue weighted by Gasteiger charge is -2.17. The van der Waals surface area contributed by atoms with Crippen LogP contribution in [0.1, 0.15) is 18.9 Å². The summed E-state index contributed by atoms with van der Waals surface area (Å²) < 4.78 is 16.0. The van der Waals surface area contributed by atoms with Gasteiger partial charge in [-0.3, -0.25) is 4.79 Å². The van der Waals surface area contributed by atoms with Crippen molar-refractivity contribution >= 4 is 29.3 Å². The monoisotopic (exact) mass is 409 g/mol. The molecule has 27 heavy (non-hydrogen) atoms. The Bertz CT molecular complexity index is 742. The van der Waals surface area contributed by atoms with Crippen molar-refractivity contribution in [3.63, 3.8) is 0 Å². The molecule has 0 aromatic heterocycles. The minimum absolute atomic E-state index is 0.0220. The number of thioether (sulfide) groups is 1. The Labute approximate surface area is 169 Å². The van der Waals surface area contributed by atoms with Gasteiger partial charge < -0.3 is 19.5 Å². The Morgan fingerprint density at radius 1 is 1.07 bits per heavy atom. The molecule has 146 valence electrons. The minimum Gasteiger partial charge on any atom is -0.493 e. The number of nitrogens with one attached hydrogen (secondary N) is 1. The first-order chi connectivity index (χ1) is 13.0. The summed E-state index contributed by atoms with van der Waals surface area (Å²) in [5, 5.41) is 3.48. The molecule has 0 saturated carbocycles. The molecule has 0 heterocycles. The number of ether oxygens (including phenoxy) is 3. The Balaban J connectivity index is 2.05. The SMILES string of the molecule is CC[C@H](Sc1ccc(Cl)cc1)C(=O)NCc1cc(OC)c(OC)c(OC)c1. The Morgan fingerprint density at radius 3 is 2.15 bits per heavy atom. The fourth-order valence-corrected chi connectivity index (χ4v) is 3.64. The van der Waals surface area contributed by atoms with E-state index in [4.69, 9.17) is 25.8 Å². The molecule has 0 aliphatic carbocycles. The molecule has 0 spiro atoms. The van der Waals surface area contributed by atoms with Crippen molar-refractivity contribution in [2.24, 2.45) is 0 Å². The molecule has 0 bridgehead atoms. The van der Waals surface area contributed by atoms with Crippen LogP contribution in [0.2, 0.25) is 5.02 Å². The minimum atomic E-state index is -0.187. The zero-order chi connectivity index (χ0) is 19.8. The summed E-state index contributed by atoms with van der Waals surface area (Å²) in [6, 6.07) is 11.1.